The van der Waals surface area contributed by atoms with E-state index in [4.69, 9.17) is 4.74 Å². The molecule has 1 aliphatic heterocycles. The summed E-state index contributed by atoms with van der Waals surface area (Å²) in [4.78, 5) is 11.7. The molecule has 0 amide bonds. The standard InChI is InChI=1S/C10H20N2O2/c1-10(2,3)14-9(13)8-5-4-6-11-12-7-8/h8,11-12H,4-7H2,1-3H3. The summed E-state index contributed by atoms with van der Waals surface area (Å²) in [5.74, 6) is -0.0991. The minimum absolute atomic E-state index is 0.00998. The molecule has 2 N–H and O–H groups in total. The monoisotopic (exact) mass is 200 g/mol. The highest BCUT2D eigenvalue weighted by atomic mass is 16.6. The maximum atomic E-state index is 11.7. The Kier molecular flexibility index (Phi) is 3.89. The van der Waals surface area contributed by atoms with Gasteiger partial charge in [0.05, 0.1) is 5.92 Å². The van der Waals surface area contributed by atoms with Gasteiger partial charge >= 0.3 is 5.97 Å². The van der Waals surface area contributed by atoms with E-state index in [0.717, 1.165) is 19.4 Å². The average molecular weight is 200 g/mol. The van der Waals surface area contributed by atoms with E-state index in [1.807, 2.05) is 20.8 Å². The summed E-state index contributed by atoms with van der Waals surface area (Å²) in [6.45, 7) is 7.27. The zero-order valence-corrected chi connectivity index (χ0v) is 9.22. The van der Waals surface area contributed by atoms with E-state index in [1.165, 1.54) is 0 Å². The van der Waals surface area contributed by atoms with Gasteiger partial charge in [0.25, 0.3) is 0 Å². The molecular formula is C10H20N2O2. The summed E-state index contributed by atoms with van der Waals surface area (Å²) in [7, 11) is 0. The van der Waals surface area contributed by atoms with Gasteiger partial charge in [-0.15, -0.1) is 0 Å². The Morgan fingerprint density at radius 2 is 2.07 bits per heavy atom. The highest BCUT2D eigenvalue weighted by Crippen LogP contribution is 2.15. The highest BCUT2D eigenvalue weighted by molar-refractivity contribution is 5.73. The molecule has 1 heterocycles. The molecule has 1 aliphatic rings. The first-order chi connectivity index (χ1) is 6.49. The van der Waals surface area contributed by atoms with Gasteiger partial charge in [-0.1, -0.05) is 0 Å². The summed E-state index contributed by atoms with van der Waals surface area (Å²) >= 11 is 0. The number of ether oxygens (including phenoxy) is 1. The second-order valence-electron chi connectivity index (χ2n) is 4.68. The summed E-state index contributed by atoms with van der Waals surface area (Å²) < 4.78 is 5.33. The number of carbonyl (C=O) groups is 1. The third-order valence-corrected chi connectivity index (χ3v) is 2.07. The van der Waals surface area contributed by atoms with Gasteiger partial charge in [0, 0.05) is 13.1 Å². The third-order valence-electron chi connectivity index (χ3n) is 2.07. The number of nitrogens with one attached hydrogen (secondary N) is 2. The van der Waals surface area contributed by atoms with E-state index in [2.05, 4.69) is 10.9 Å². The van der Waals surface area contributed by atoms with Gasteiger partial charge in [-0.25, -0.2) is 0 Å². The number of carbonyl (C=O) groups excluding carboxylic acids is 1. The van der Waals surface area contributed by atoms with Crippen LogP contribution in [0.5, 0.6) is 0 Å². The molecule has 4 nitrogen and oxygen atoms in total. The maximum Gasteiger partial charge on any atom is 0.310 e. The molecular weight excluding hydrogens is 180 g/mol. The quantitative estimate of drug-likeness (QED) is 0.616. The fourth-order valence-corrected chi connectivity index (χ4v) is 1.41. The van der Waals surface area contributed by atoms with Crippen LogP contribution >= 0.6 is 0 Å². The van der Waals surface area contributed by atoms with Crippen molar-refractivity contribution in [3.8, 4) is 0 Å². The molecule has 82 valence electrons. The number of hydrogen-bond donors (Lipinski definition) is 2. The Bertz CT molecular complexity index is 191. The summed E-state index contributed by atoms with van der Waals surface area (Å²) in [5, 5.41) is 0. The Labute approximate surface area is 85.4 Å². The van der Waals surface area contributed by atoms with E-state index >= 15 is 0 Å². The van der Waals surface area contributed by atoms with E-state index < -0.39 is 0 Å². The summed E-state index contributed by atoms with van der Waals surface area (Å²) in [5.41, 5.74) is 5.67. The number of esters is 1. The van der Waals surface area contributed by atoms with Crippen LogP contribution in [0.15, 0.2) is 0 Å². The van der Waals surface area contributed by atoms with Crippen molar-refractivity contribution < 1.29 is 9.53 Å². The van der Waals surface area contributed by atoms with Crippen molar-refractivity contribution >= 4 is 5.97 Å². The molecule has 1 unspecified atom stereocenters. The van der Waals surface area contributed by atoms with Crippen molar-refractivity contribution in [1.82, 2.24) is 10.9 Å². The SMILES string of the molecule is CC(C)(C)OC(=O)C1CCCNNC1. The number of hydrazine groups is 1. The summed E-state index contributed by atoms with van der Waals surface area (Å²) in [6.07, 6.45) is 1.91. The van der Waals surface area contributed by atoms with Crippen molar-refractivity contribution in [3.63, 3.8) is 0 Å². The lowest BCUT2D eigenvalue weighted by molar-refractivity contribution is -0.160. The molecule has 14 heavy (non-hydrogen) atoms. The zero-order chi connectivity index (χ0) is 10.6. The van der Waals surface area contributed by atoms with Gasteiger partial charge in [-0.05, 0) is 33.6 Å². The van der Waals surface area contributed by atoms with Gasteiger partial charge in [-0.3, -0.25) is 15.6 Å². The molecule has 4 heteroatoms. The molecule has 0 aromatic rings. The smallest absolute Gasteiger partial charge is 0.310 e. The van der Waals surface area contributed by atoms with Crippen LogP contribution in [0.25, 0.3) is 0 Å². The van der Waals surface area contributed by atoms with Crippen LogP contribution in [0.2, 0.25) is 0 Å². The number of hydrogen-bond acceptors (Lipinski definition) is 4. The van der Waals surface area contributed by atoms with Crippen molar-refractivity contribution in [2.75, 3.05) is 13.1 Å². The molecule has 0 aliphatic carbocycles. The topological polar surface area (TPSA) is 50.4 Å². The minimum atomic E-state index is -0.378. The summed E-state index contributed by atoms with van der Waals surface area (Å²) in [6, 6.07) is 0. The second-order valence-corrected chi connectivity index (χ2v) is 4.68. The molecule has 1 rings (SSSR count). The van der Waals surface area contributed by atoms with E-state index in [0.29, 0.717) is 6.54 Å². The first-order valence-corrected chi connectivity index (χ1v) is 5.17. The Morgan fingerprint density at radius 3 is 2.71 bits per heavy atom. The molecule has 1 atom stereocenters. The van der Waals surface area contributed by atoms with Gasteiger partial charge in [0.1, 0.15) is 5.60 Å². The minimum Gasteiger partial charge on any atom is -0.460 e. The molecule has 0 aromatic carbocycles. The van der Waals surface area contributed by atoms with E-state index in [1.54, 1.807) is 0 Å². The number of rotatable bonds is 1. The molecule has 0 bridgehead atoms. The van der Waals surface area contributed by atoms with E-state index in [-0.39, 0.29) is 17.5 Å². The molecule has 0 spiro atoms. The third kappa shape index (κ3) is 4.07. The molecule has 1 saturated heterocycles. The lowest BCUT2D eigenvalue weighted by Crippen LogP contribution is -2.37. The maximum absolute atomic E-state index is 11.7. The van der Waals surface area contributed by atoms with Crippen molar-refractivity contribution in [2.24, 2.45) is 5.92 Å². The Balaban J connectivity index is 2.42. The largest absolute Gasteiger partial charge is 0.460 e. The lowest BCUT2D eigenvalue weighted by atomic mass is 10.0. The van der Waals surface area contributed by atoms with Crippen LogP contribution < -0.4 is 10.9 Å². The van der Waals surface area contributed by atoms with Gasteiger partial charge in [0.2, 0.25) is 0 Å². The Hall–Kier alpha value is -0.610. The fraction of sp³-hybridized carbons (Fsp3) is 0.900. The van der Waals surface area contributed by atoms with E-state index in [9.17, 15) is 4.79 Å². The van der Waals surface area contributed by atoms with Gasteiger partial charge in [0.15, 0.2) is 0 Å². The van der Waals surface area contributed by atoms with Crippen molar-refractivity contribution in [3.05, 3.63) is 0 Å². The van der Waals surface area contributed by atoms with Crippen molar-refractivity contribution in [2.45, 2.75) is 39.2 Å². The average Bonchev–Trinajstić information content (AvgIpc) is 2.27. The Morgan fingerprint density at radius 1 is 1.36 bits per heavy atom. The first kappa shape index (κ1) is 11.5. The normalized spacial score (nSPS) is 24.1. The predicted molar refractivity (Wildman–Crippen MR) is 54.6 cm³/mol. The van der Waals surface area contributed by atoms with Crippen LogP contribution in [-0.2, 0) is 9.53 Å². The fourth-order valence-electron chi connectivity index (χ4n) is 1.41. The predicted octanol–water partition coefficient (Wildman–Crippen LogP) is 0.832. The van der Waals surface area contributed by atoms with Crippen LogP contribution in [0.4, 0.5) is 0 Å². The zero-order valence-electron chi connectivity index (χ0n) is 9.22. The van der Waals surface area contributed by atoms with Gasteiger partial charge in [-0.2, -0.15) is 0 Å². The second kappa shape index (κ2) is 4.75. The van der Waals surface area contributed by atoms with Crippen LogP contribution in [0.1, 0.15) is 33.6 Å². The highest BCUT2D eigenvalue weighted by Gasteiger charge is 2.25. The van der Waals surface area contributed by atoms with Crippen LogP contribution in [0, 0.1) is 5.92 Å². The molecule has 0 aromatic heterocycles. The molecule has 0 radical (unpaired) electrons. The van der Waals surface area contributed by atoms with Crippen molar-refractivity contribution in [1.29, 1.82) is 0 Å². The van der Waals surface area contributed by atoms with Crippen LogP contribution in [-0.4, -0.2) is 24.7 Å². The van der Waals surface area contributed by atoms with Crippen LogP contribution in [0.3, 0.4) is 0 Å². The lowest BCUT2D eigenvalue weighted by Gasteiger charge is -2.23. The van der Waals surface area contributed by atoms with Gasteiger partial charge < -0.3 is 4.74 Å². The first-order valence-electron chi connectivity index (χ1n) is 5.17. The molecule has 1 fully saturated rings. The molecule has 0 saturated carbocycles.